The molecule has 100 valence electrons. The summed E-state index contributed by atoms with van der Waals surface area (Å²) in [5.74, 6) is 0.794. The van der Waals surface area contributed by atoms with Crippen molar-refractivity contribution in [2.24, 2.45) is 0 Å². The lowest BCUT2D eigenvalue weighted by atomic mass is 10.2. The maximum atomic E-state index is 12.0. The molecule has 0 saturated carbocycles. The van der Waals surface area contributed by atoms with Gasteiger partial charge in [0.2, 0.25) is 0 Å². The van der Waals surface area contributed by atoms with Crippen molar-refractivity contribution in [3.05, 3.63) is 64.8 Å². The van der Waals surface area contributed by atoms with Gasteiger partial charge in [-0.3, -0.25) is 14.3 Å². The minimum atomic E-state index is -0.138. The number of nitrogens with zero attached hydrogens (tertiary/aromatic N) is 3. The van der Waals surface area contributed by atoms with Crippen LogP contribution in [0.2, 0.25) is 0 Å². The van der Waals surface area contributed by atoms with Crippen molar-refractivity contribution in [3.8, 4) is 5.75 Å². The topological polar surface area (TPSA) is 57.0 Å². The minimum Gasteiger partial charge on any atom is -0.497 e. The van der Waals surface area contributed by atoms with E-state index in [-0.39, 0.29) is 5.56 Å². The van der Waals surface area contributed by atoms with E-state index in [0.717, 1.165) is 22.3 Å². The van der Waals surface area contributed by atoms with Crippen LogP contribution in [0.25, 0.3) is 11.0 Å². The van der Waals surface area contributed by atoms with E-state index in [0.29, 0.717) is 6.54 Å². The first kappa shape index (κ1) is 12.3. The number of fused-ring (bicyclic) bond motifs is 1. The van der Waals surface area contributed by atoms with E-state index >= 15 is 0 Å². The summed E-state index contributed by atoms with van der Waals surface area (Å²) in [7, 11) is 1.63. The predicted octanol–water partition coefficient (Wildman–Crippen LogP) is 1.85. The molecule has 0 radical (unpaired) electrons. The van der Waals surface area contributed by atoms with Crippen LogP contribution in [0.4, 0.5) is 0 Å². The summed E-state index contributed by atoms with van der Waals surface area (Å²) in [5.41, 5.74) is 2.37. The highest BCUT2D eigenvalue weighted by Crippen LogP contribution is 2.13. The van der Waals surface area contributed by atoms with Crippen LogP contribution in [-0.4, -0.2) is 21.6 Å². The van der Waals surface area contributed by atoms with Gasteiger partial charge in [0.15, 0.2) is 0 Å². The zero-order chi connectivity index (χ0) is 13.9. The molecule has 5 nitrogen and oxygen atoms in total. The van der Waals surface area contributed by atoms with E-state index < -0.39 is 0 Å². The SMILES string of the molecule is COc1ccc(Cn2c(=O)cnc3ccncc32)cc1. The Hall–Kier alpha value is -2.69. The lowest BCUT2D eigenvalue weighted by Crippen LogP contribution is -2.21. The van der Waals surface area contributed by atoms with Crippen LogP contribution in [0, 0.1) is 0 Å². The molecule has 0 aliphatic carbocycles. The van der Waals surface area contributed by atoms with Gasteiger partial charge in [-0.1, -0.05) is 12.1 Å². The highest BCUT2D eigenvalue weighted by Gasteiger charge is 2.05. The van der Waals surface area contributed by atoms with Gasteiger partial charge in [-0.05, 0) is 23.8 Å². The van der Waals surface area contributed by atoms with Crippen molar-refractivity contribution in [3.63, 3.8) is 0 Å². The maximum absolute atomic E-state index is 12.0. The van der Waals surface area contributed by atoms with Crippen LogP contribution in [0.15, 0.2) is 53.7 Å². The van der Waals surface area contributed by atoms with Crippen molar-refractivity contribution >= 4 is 11.0 Å². The van der Waals surface area contributed by atoms with E-state index in [9.17, 15) is 4.79 Å². The second kappa shape index (κ2) is 5.13. The third-order valence-corrected chi connectivity index (χ3v) is 3.15. The average Bonchev–Trinajstić information content (AvgIpc) is 2.51. The number of methoxy groups -OCH3 is 1. The Balaban J connectivity index is 2.05. The van der Waals surface area contributed by atoms with Crippen molar-refractivity contribution in [2.45, 2.75) is 6.54 Å². The molecule has 0 bridgehead atoms. The predicted molar refractivity (Wildman–Crippen MR) is 75.9 cm³/mol. The summed E-state index contributed by atoms with van der Waals surface area (Å²) in [4.78, 5) is 20.2. The Labute approximate surface area is 115 Å². The maximum Gasteiger partial charge on any atom is 0.269 e. The quantitative estimate of drug-likeness (QED) is 0.726. The lowest BCUT2D eigenvalue weighted by molar-refractivity contribution is 0.414. The van der Waals surface area contributed by atoms with E-state index in [4.69, 9.17) is 4.74 Å². The number of hydrogen-bond acceptors (Lipinski definition) is 4. The fourth-order valence-electron chi connectivity index (χ4n) is 2.09. The molecule has 0 spiro atoms. The molecule has 0 amide bonds. The van der Waals surface area contributed by atoms with Gasteiger partial charge >= 0.3 is 0 Å². The average molecular weight is 267 g/mol. The molecule has 3 aromatic rings. The van der Waals surface area contributed by atoms with Crippen molar-refractivity contribution in [1.29, 1.82) is 0 Å². The summed E-state index contributed by atoms with van der Waals surface area (Å²) >= 11 is 0. The summed E-state index contributed by atoms with van der Waals surface area (Å²) in [5, 5.41) is 0. The monoisotopic (exact) mass is 267 g/mol. The smallest absolute Gasteiger partial charge is 0.269 e. The molecule has 20 heavy (non-hydrogen) atoms. The van der Waals surface area contributed by atoms with Gasteiger partial charge in [0.05, 0.1) is 37.1 Å². The number of ether oxygens (including phenoxy) is 1. The third-order valence-electron chi connectivity index (χ3n) is 3.15. The fraction of sp³-hybridized carbons (Fsp3) is 0.133. The number of pyridine rings is 1. The Morgan fingerprint density at radius 3 is 2.70 bits per heavy atom. The Kier molecular flexibility index (Phi) is 3.16. The first-order valence-corrected chi connectivity index (χ1v) is 6.20. The molecule has 0 unspecified atom stereocenters. The molecule has 0 aliphatic heterocycles. The zero-order valence-electron chi connectivity index (χ0n) is 11.0. The van der Waals surface area contributed by atoms with Crippen LogP contribution in [0.5, 0.6) is 5.75 Å². The minimum absolute atomic E-state index is 0.138. The van der Waals surface area contributed by atoms with E-state index in [1.54, 1.807) is 30.1 Å². The van der Waals surface area contributed by atoms with Gasteiger partial charge in [0.25, 0.3) is 5.56 Å². The van der Waals surface area contributed by atoms with Crippen molar-refractivity contribution in [2.75, 3.05) is 7.11 Å². The van der Waals surface area contributed by atoms with E-state index in [2.05, 4.69) is 9.97 Å². The first-order chi connectivity index (χ1) is 9.78. The second-order valence-electron chi connectivity index (χ2n) is 4.40. The summed E-state index contributed by atoms with van der Waals surface area (Å²) < 4.78 is 6.79. The van der Waals surface area contributed by atoms with Crippen molar-refractivity contribution < 1.29 is 4.74 Å². The van der Waals surface area contributed by atoms with Crippen LogP contribution in [0.3, 0.4) is 0 Å². The largest absolute Gasteiger partial charge is 0.497 e. The summed E-state index contributed by atoms with van der Waals surface area (Å²) in [6.45, 7) is 0.480. The molecule has 0 fully saturated rings. The van der Waals surface area contributed by atoms with Gasteiger partial charge in [-0.2, -0.15) is 0 Å². The Bertz CT molecular complexity index is 794. The normalized spacial score (nSPS) is 10.7. The molecular weight excluding hydrogens is 254 g/mol. The molecule has 0 N–H and O–H groups in total. The van der Waals surface area contributed by atoms with Gasteiger partial charge in [-0.15, -0.1) is 0 Å². The fourth-order valence-corrected chi connectivity index (χ4v) is 2.09. The number of benzene rings is 1. The molecule has 2 aromatic heterocycles. The molecule has 5 heteroatoms. The van der Waals surface area contributed by atoms with Gasteiger partial charge in [0, 0.05) is 6.20 Å². The number of rotatable bonds is 3. The summed E-state index contributed by atoms with van der Waals surface area (Å²) in [6.07, 6.45) is 4.66. The van der Waals surface area contributed by atoms with E-state index in [1.807, 2.05) is 24.3 Å². The molecule has 3 rings (SSSR count). The van der Waals surface area contributed by atoms with Crippen LogP contribution in [-0.2, 0) is 6.54 Å². The highest BCUT2D eigenvalue weighted by molar-refractivity contribution is 5.72. The van der Waals surface area contributed by atoms with Crippen molar-refractivity contribution in [1.82, 2.24) is 14.5 Å². The molecule has 2 heterocycles. The van der Waals surface area contributed by atoms with Gasteiger partial charge in [-0.25, -0.2) is 4.98 Å². The number of aromatic nitrogens is 3. The number of hydrogen-bond donors (Lipinski definition) is 0. The Morgan fingerprint density at radius 2 is 1.95 bits per heavy atom. The second-order valence-corrected chi connectivity index (χ2v) is 4.40. The molecule has 0 atom stereocenters. The van der Waals surface area contributed by atoms with Crippen LogP contribution < -0.4 is 10.3 Å². The molecule has 0 aliphatic rings. The van der Waals surface area contributed by atoms with Crippen LogP contribution in [0.1, 0.15) is 5.56 Å². The van der Waals surface area contributed by atoms with E-state index in [1.165, 1.54) is 6.20 Å². The van der Waals surface area contributed by atoms with Gasteiger partial charge < -0.3 is 4.74 Å². The molecule has 1 aromatic carbocycles. The van der Waals surface area contributed by atoms with Crippen LogP contribution >= 0.6 is 0 Å². The lowest BCUT2D eigenvalue weighted by Gasteiger charge is -2.09. The molecule has 0 saturated heterocycles. The Morgan fingerprint density at radius 1 is 1.15 bits per heavy atom. The molecular formula is C15H13N3O2. The zero-order valence-corrected chi connectivity index (χ0v) is 11.0. The van der Waals surface area contributed by atoms with Gasteiger partial charge in [0.1, 0.15) is 5.75 Å². The third kappa shape index (κ3) is 2.25. The summed E-state index contributed by atoms with van der Waals surface area (Å²) in [6, 6.07) is 9.42. The standard InChI is InChI=1S/C15H13N3O2/c1-20-12-4-2-11(3-5-12)10-18-14-8-16-7-6-13(14)17-9-15(18)19/h2-9H,10H2,1H3. The first-order valence-electron chi connectivity index (χ1n) is 6.20. The highest BCUT2D eigenvalue weighted by atomic mass is 16.5.